The van der Waals surface area contributed by atoms with Gasteiger partial charge in [-0.2, -0.15) is 0 Å². The van der Waals surface area contributed by atoms with Crippen LogP contribution in [0.15, 0.2) is 53.6 Å². The van der Waals surface area contributed by atoms with Gasteiger partial charge < -0.3 is 22.1 Å². The first-order chi connectivity index (χ1) is 27.4. The number of carbonyl (C=O) groups excluding carboxylic acids is 2. The van der Waals surface area contributed by atoms with Gasteiger partial charge in [-0.3, -0.25) is 14.6 Å². The molecule has 0 aliphatic rings. The molecule has 1 rings (SSSR count). The summed E-state index contributed by atoms with van der Waals surface area (Å²) < 4.78 is 11.3. The first-order valence-corrected chi connectivity index (χ1v) is 23.2. The number of unbranched alkanes of at least 4 members (excludes halogenated alkanes) is 22. The van der Waals surface area contributed by atoms with Crippen molar-refractivity contribution in [2.75, 3.05) is 19.8 Å². The normalized spacial score (nSPS) is 12.4. The van der Waals surface area contributed by atoms with Crippen LogP contribution in [0.2, 0.25) is 0 Å². The molecule has 6 nitrogen and oxygen atoms in total. The second-order valence-electron chi connectivity index (χ2n) is 16.1. The van der Waals surface area contributed by atoms with E-state index in [0.29, 0.717) is 19.4 Å². The molecule has 0 saturated heterocycles. The monoisotopic (exact) mass is 778 g/mol. The van der Waals surface area contributed by atoms with E-state index in [4.69, 9.17) is 15.2 Å². The third kappa shape index (κ3) is 34.5. The summed E-state index contributed by atoms with van der Waals surface area (Å²) in [6, 6.07) is 7.97. The maximum atomic E-state index is 12.6. The molecule has 0 fully saturated rings. The molecule has 0 spiro atoms. The van der Waals surface area contributed by atoms with Crippen LogP contribution in [0.5, 0.6) is 0 Å². The van der Waals surface area contributed by atoms with E-state index in [-0.39, 0.29) is 37.1 Å². The molecule has 1 unspecified atom stereocenters. The van der Waals surface area contributed by atoms with Gasteiger partial charge in [0.1, 0.15) is 0 Å². The predicted octanol–water partition coefficient (Wildman–Crippen LogP) is 13.6. The van der Waals surface area contributed by atoms with Gasteiger partial charge in [0, 0.05) is 31.5 Å². The molecule has 0 amide bonds. The highest BCUT2D eigenvalue weighted by atomic mass is 16.5. The van der Waals surface area contributed by atoms with E-state index in [2.05, 4.69) is 50.1 Å². The number of ether oxygens (including phenoxy) is 2. The summed E-state index contributed by atoms with van der Waals surface area (Å²) in [4.78, 5) is 29.8. The average Bonchev–Trinajstić information content (AvgIpc) is 3.19. The molecule has 1 atom stereocenters. The van der Waals surface area contributed by atoms with Crippen LogP contribution in [-0.4, -0.2) is 44.0 Å². The second kappa shape index (κ2) is 39.1. The summed E-state index contributed by atoms with van der Waals surface area (Å²) >= 11 is 0. The van der Waals surface area contributed by atoms with Crippen molar-refractivity contribution in [1.29, 1.82) is 0 Å². The molecule has 0 aromatic heterocycles. The minimum Gasteiger partial charge on any atom is -0.465 e. The number of rotatable bonds is 39. The molecule has 1 aromatic carbocycles. The van der Waals surface area contributed by atoms with Crippen molar-refractivity contribution in [2.45, 2.75) is 206 Å². The fourth-order valence-corrected chi connectivity index (χ4v) is 6.75. The number of esters is 2. The molecule has 0 heterocycles. The minimum atomic E-state index is -0.189. The van der Waals surface area contributed by atoms with Crippen LogP contribution < -0.4 is 5.73 Å². The van der Waals surface area contributed by atoms with Crippen LogP contribution >= 0.6 is 0 Å². The van der Waals surface area contributed by atoms with E-state index in [1.807, 2.05) is 30.5 Å². The van der Waals surface area contributed by atoms with Gasteiger partial charge in [-0.15, -0.1) is 6.04 Å². The van der Waals surface area contributed by atoms with Gasteiger partial charge in [0.05, 0.1) is 13.2 Å². The number of nitrogens with two attached hydrogens (primary N) is 1. The summed E-state index contributed by atoms with van der Waals surface area (Å²) in [5, 5.41) is 0. The number of hydrogen-bond donors (Lipinski definition) is 1. The van der Waals surface area contributed by atoms with Crippen molar-refractivity contribution >= 4 is 18.2 Å². The van der Waals surface area contributed by atoms with Crippen molar-refractivity contribution in [3.8, 4) is 0 Å². The molecule has 0 bridgehead atoms. The molecule has 0 saturated carbocycles. The zero-order valence-electron chi connectivity index (χ0n) is 36.3. The number of allylic oxidation sites excluding steroid dienone is 4. The number of aliphatic imine (C=N–C) groups is 1. The Kier molecular flexibility index (Phi) is 35.8. The van der Waals surface area contributed by atoms with Crippen LogP contribution in [0.25, 0.3) is 0 Å². The maximum absolute atomic E-state index is 12.6. The Labute approximate surface area is 345 Å². The summed E-state index contributed by atoms with van der Waals surface area (Å²) in [6.07, 6.45) is 44.6. The largest absolute Gasteiger partial charge is 0.465 e. The van der Waals surface area contributed by atoms with E-state index in [1.54, 1.807) is 0 Å². The minimum absolute atomic E-state index is 0.130. The molecule has 320 valence electrons. The summed E-state index contributed by atoms with van der Waals surface area (Å²) in [6.45, 7) is 9.19. The van der Waals surface area contributed by atoms with Crippen molar-refractivity contribution in [1.82, 2.24) is 0 Å². The zero-order valence-corrected chi connectivity index (χ0v) is 36.3. The zero-order chi connectivity index (χ0) is 40.6. The number of benzene rings is 1. The second-order valence-corrected chi connectivity index (χ2v) is 16.1. The van der Waals surface area contributed by atoms with Crippen LogP contribution in [0.1, 0.15) is 205 Å². The highest BCUT2D eigenvalue weighted by Crippen LogP contribution is 2.13. The Hall–Kier alpha value is -2.73. The van der Waals surface area contributed by atoms with Gasteiger partial charge >= 0.3 is 11.9 Å². The SMILES string of the molecule is [CH2-]C(N)Cc1ccc(C=NCC(COC(=O)CCCCCCC/C=C\CCCCCCCC)COC(=O)CCCCCCC/C=C\CCCCCCCC)cc1. The predicted molar refractivity (Wildman–Crippen MR) is 240 cm³/mol. The third-order valence-electron chi connectivity index (χ3n) is 10.3. The number of nitrogens with zero attached hydrogens (tertiary/aromatic N) is 1. The molecular weight excluding hydrogens is 693 g/mol. The number of carbonyl (C=O) groups is 2. The Bertz CT molecular complexity index is 1070. The first-order valence-electron chi connectivity index (χ1n) is 23.2. The summed E-state index contributed by atoms with van der Waals surface area (Å²) in [5.74, 6) is -0.559. The van der Waals surface area contributed by atoms with Gasteiger partial charge in [-0.05, 0) is 81.8 Å². The van der Waals surface area contributed by atoms with Crippen LogP contribution in [0.4, 0.5) is 0 Å². The van der Waals surface area contributed by atoms with Crippen LogP contribution in [0, 0.1) is 12.8 Å². The van der Waals surface area contributed by atoms with Crippen LogP contribution in [0.3, 0.4) is 0 Å². The standard InChI is InChI=1S/C50H85N2O4/c1-4-6-8-10-12-14-16-18-20-22-24-26-28-30-32-34-49(53)55-43-48(42-52-41-47-38-36-46(37-39-47)40-45(3)51)44-56-50(54)35-33-31-29-27-25-23-21-19-17-15-13-11-9-7-5-2/h18-21,36-39,41,45,48H,3-17,22-35,40,42-44,51H2,1-2H3/q-1/b20-18-,21-19-,52-41?. The molecular formula is C50H85N2O4-. The molecule has 56 heavy (non-hydrogen) atoms. The highest BCUT2D eigenvalue weighted by Gasteiger charge is 2.15. The number of hydrogen-bond acceptors (Lipinski definition) is 6. The lowest BCUT2D eigenvalue weighted by Gasteiger charge is -2.15. The lowest BCUT2D eigenvalue weighted by molar-refractivity contribution is -0.148. The molecule has 6 heteroatoms. The van der Waals surface area contributed by atoms with Crippen molar-refractivity contribution in [2.24, 2.45) is 16.6 Å². The lowest BCUT2D eigenvalue weighted by Crippen LogP contribution is -2.23. The van der Waals surface area contributed by atoms with Crippen LogP contribution in [-0.2, 0) is 25.5 Å². The summed E-state index contributed by atoms with van der Waals surface area (Å²) in [5.41, 5.74) is 7.95. The molecule has 0 radical (unpaired) electrons. The van der Waals surface area contributed by atoms with Crippen molar-refractivity contribution < 1.29 is 19.1 Å². The highest BCUT2D eigenvalue weighted by molar-refractivity contribution is 5.79. The van der Waals surface area contributed by atoms with Gasteiger partial charge in [0.2, 0.25) is 0 Å². The fraction of sp³-hybridized carbons (Fsp3) is 0.720. The molecule has 0 aliphatic heterocycles. The van der Waals surface area contributed by atoms with E-state index in [1.165, 1.54) is 116 Å². The smallest absolute Gasteiger partial charge is 0.305 e. The molecule has 0 aliphatic carbocycles. The Balaban J connectivity index is 2.32. The Morgan fingerprint density at radius 3 is 1.36 bits per heavy atom. The van der Waals surface area contributed by atoms with Gasteiger partial charge in [-0.25, -0.2) is 0 Å². The fourth-order valence-electron chi connectivity index (χ4n) is 6.75. The van der Waals surface area contributed by atoms with E-state index >= 15 is 0 Å². The van der Waals surface area contributed by atoms with E-state index in [9.17, 15) is 9.59 Å². The Morgan fingerprint density at radius 2 is 0.964 bits per heavy atom. The van der Waals surface area contributed by atoms with Crippen molar-refractivity contribution in [3.63, 3.8) is 0 Å². The van der Waals surface area contributed by atoms with E-state index < -0.39 is 0 Å². The Morgan fingerprint density at radius 1 is 0.589 bits per heavy atom. The van der Waals surface area contributed by atoms with Crippen molar-refractivity contribution in [3.05, 3.63) is 66.6 Å². The maximum Gasteiger partial charge on any atom is 0.305 e. The molecule has 2 N–H and O–H groups in total. The third-order valence-corrected chi connectivity index (χ3v) is 10.3. The van der Waals surface area contributed by atoms with Gasteiger partial charge in [-0.1, -0.05) is 165 Å². The molecule has 1 aromatic rings. The topological polar surface area (TPSA) is 91.0 Å². The average molecular weight is 778 g/mol. The quantitative estimate of drug-likeness (QED) is 0.0236. The first kappa shape index (κ1) is 51.3. The van der Waals surface area contributed by atoms with Gasteiger partial charge in [0.15, 0.2) is 0 Å². The summed E-state index contributed by atoms with van der Waals surface area (Å²) in [7, 11) is 0. The van der Waals surface area contributed by atoms with E-state index in [0.717, 1.165) is 68.9 Å². The van der Waals surface area contributed by atoms with Gasteiger partial charge in [0.25, 0.3) is 0 Å². The lowest BCUT2D eigenvalue weighted by atomic mass is 10.1.